The molecule has 1 fully saturated rings. The standard InChI is InChI=1S/C11H10ClN3O2.C2HF3O2/c12-8-3-1-2-7(9(8)16)11-14-10(15-17-11)6-4-13-5-6;3-2(4,5)1(6)7/h1-3,6,13,16H,4-5H2;(H,6,7). The van der Waals surface area contributed by atoms with Crippen LogP contribution in [0.15, 0.2) is 22.7 Å². The third-order valence-electron chi connectivity index (χ3n) is 3.05. The van der Waals surface area contributed by atoms with Crippen molar-refractivity contribution in [3.8, 4) is 17.2 Å². The number of aromatic hydroxyl groups is 1. The maximum Gasteiger partial charge on any atom is 0.490 e. The number of benzene rings is 1. The Hall–Kier alpha value is -2.33. The average molecular weight is 366 g/mol. The van der Waals surface area contributed by atoms with Gasteiger partial charge in [-0.2, -0.15) is 18.2 Å². The highest BCUT2D eigenvalue weighted by molar-refractivity contribution is 6.32. The summed E-state index contributed by atoms with van der Waals surface area (Å²) in [6.45, 7) is 1.72. The van der Waals surface area contributed by atoms with E-state index < -0.39 is 12.1 Å². The monoisotopic (exact) mass is 365 g/mol. The Balaban J connectivity index is 0.000000256. The minimum atomic E-state index is -5.08. The van der Waals surface area contributed by atoms with Gasteiger partial charge < -0.3 is 20.1 Å². The number of halogens is 4. The molecule has 1 saturated heterocycles. The smallest absolute Gasteiger partial charge is 0.490 e. The summed E-state index contributed by atoms with van der Waals surface area (Å²) in [6.07, 6.45) is -5.08. The van der Waals surface area contributed by atoms with Crippen molar-refractivity contribution in [1.29, 1.82) is 0 Å². The van der Waals surface area contributed by atoms with Gasteiger partial charge in [-0.25, -0.2) is 4.79 Å². The van der Waals surface area contributed by atoms with Gasteiger partial charge in [0.05, 0.1) is 10.6 Å². The van der Waals surface area contributed by atoms with E-state index >= 15 is 0 Å². The molecule has 11 heteroatoms. The second kappa shape index (κ2) is 7.05. The number of hydrogen-bond donors (Lipinski definition) is 3. The lowest BCUT2D eigenvalue weighted by atomic mass is 10.0. The van der Waals surface area contributed by atoms with E-state index in [1.807, 2.05) is 0 Å². The summed E-state index contributed by atoms with van der Waals surface area (Å²) in [6, 6.07) is 5.03. The van der Waals surface area contributed by atoms with Crippen LogP contribution in [-0.4, -0.2) is 45.6 Å². The molecule has 1 aromatic carbocycles. The van der Waals surface area contributed by atoms with E-state index in [0.29, 0.717) is 23.2 Å². The first-order chi connectivity index (χ1) is 11.2. The van der Waals surface area contributed by atoms with Crippen LogP contribution in [0.1, 0.15) is 11.7 Å². The first-order valence-corrected chi connectivity index (χ1v) is 6.90. The van der Waals surface area contributed by atoms with Crippen molar-refractivity contribution in [3.63, 3.8) is 0 Å². The van der Waals surface area contributed by atoms with Crippen LogP contribution in [0.3, 0.4) is 0 Å². The minimum Gasteiger partial charge on any atom is -0.506 e. The third kappa shape index (κ3) is 4.15. The zero-order valence-corrected chi connectivity index (χ0v) is 12.6. The average Bonchev–Trinajstić information content (AvgIpc) is 2.88. The van der Waals surface area contributed by atoms with Crippen molar-refractivity contribution in [2.75, 3.05) is 13.1 Å². The van der Waals surface area contributed by atoms with E-state index in [4.69, 9.17) is 26.0 Å². The first-order valence-electron chi connectivity index (χ1n) is 6.52. The van der Waals surface area contributed by atoms with Gasteiger partial charge >= 0.3 is 12.1 Å². The topological polar surface area (TPSA) is 108 Å². The second-order valence-electron chi connectivity index (χ2n) is 4.75. The molecule has 1 aromatic heterocycles. The number of rotatable bonds is 2. The van der Waals surface area contributed by atoms with E-state index in [9.17, 15) is 18.3 Å². The molecule has 0 aliphatic carbocycles. The summed E-state index contributed by atoms with van der Waals surface area (Å²) in [5.74, 6) is -1.53. The van der Waals surface area contributed by atoms with Gasteiger partial charge in [-0.05, 0) is 12.1 Å². The lowest BCUT2D eigenvalue weighted by Crippen LogP contribution is -2.40. The lowest BCUT2D eigenvalue weighted by molar-refractivity contribution is -0.192. The molecule has 0 atom stereocenters. The summed E-state index contributed by atoms with van der Waals surface area (Å²) in [5, 5.41) is 24.2. The molecule has 0 spiro atoms. The van der Waals surface area contributed by atoms with Gasteiger partial charge in [0.1, 0.15) is 5.75 Å². The van der Waals surface area contributed by atoms with Crippen molar-refractivity contribution < 1.29 is 32.7 Å². The van der Waals surface area contributed by atoms with Crippen molar-refractivity contribution in [2.24, 2.45) is 0 Å². The van der Waals surface area contributed by atoms with Crippen LogP contribution >= 0.6 is 11.6 Å². The quantitative estimate of drug-likeness (QED) is 0.749. The molecule has 7 nitrogen and oxygen atoms in total. The maximum absolute atomic E-state index is 10.6. The predicted octanol–water partition coefficient (Wildman–Crippen LogP) is 2.42. The molecule has 130 valence electrons. The number of aromatic nitrogens is 2. The first kappa shape index (κ1) is 18.0. The van der Waals surface area contributed by atoms with Crippen LogP contribution in [0.2, 0.25) is 5.02 Å². The third-order valence-corrected chi connectivity index (χ3v) is 3.35. The molecule has 3 rings (SSSR count). The minimum absolute atomic E-state index is 0.0314. The fraction of sp³-hybridized carbons (Fsp3) is 0.308. The lowest BCUT2D eigenvalue weighted by Gasteiger charge is -2.23. The highest BCUT2D eigenvalue weighted by Gasteiger charge is 2.38. The van der Waals surface area contributed by atoms with Crippen LogP contribution in [0.25, 0.3) is 11.5 Å². The Labute approximate surface area is 138 Å². The molecule has 3 N–H and O–H groups in total. The number of phenolic OH excluding ortho intramolecular Hbond substituents is 1. The normalized spacial score (nSPS) is 14.5. The molecule has 2 heterocycles. The van der Waals surface area contributed by atoms with E-state index in [1.165, 1.54) is 0 Å². The summed E-state index contributed by atoms with van der Waals surface area (Å²) >= 11 is 5.82. The van der Waals surface area contributed by atoms with Crippen LogP contribution in [0.5, 0.6) is 5.75 Å². The fourth-order valence-electron chi connectivity index (χ4n) is 1.67. The Bertz CT molecular complexity index is 731. The number of para-hydroxylation sites is 1. The highest BCUT2D eigenvalue weighted by Crippen LogP contribution is 2.34. The molecule has 1 aliphatic heterocycles. The summed E-state index contributed by atoms with van der Waals surface area (Å²) < 4.78 is 36.9. The maximum atomic E-state index is 10.6. The van der Waals surface area contributed by atoms with Crippen molar-refractivity contribution in [2.45, 2.75) is 12.1 Å². The summed E-state index contributed by atoms with van der Waals surface area (Å²) in [4.78, 5) is 13.2. The number of carboxylic acids is 1. The van der Waals surface area contributed by atoms with E-state index in [-0.39, 0.29) is 10.8 Å². The van der Waals surface area contributed by atoms with E-state index in [1.54, 1.807) is 18.2 Å². The molecule has 0 saturated carbocycles. The summed E-state index contributed by atoms with van der Waals surface area (Å²) in [7, 11) is 0. The Morgan fingerprint density at radius 2 is 2.00 bits per heavy atom. The molecule has 0 amide bonds. The number of nitrogens with one attached hydrogen (secondary N) is 1. The summed E-state index contributed by atoms with van der Waals surface area (Å²) in [5.41, 5.74) is 0.462. The van der Waals surface area contributed by atoms with Crippen LogP contribution in [0, 0.1) is 0 Å². The van der Waals surface area contributed by atoms with Gasteiger partial charge in [0.15, 0.2) is 5.82 Å². The van der Waals surface area contributed by atoms with Gasteiger partial charge in [-0.1, -0.05) is 22.8 Å². The van der Waals surface area contributed by atoms with Crippen LogP contribution < -0.4 is 5.32 Å². The van der Waals surface area contributed by atoms with E-state index in [0.717, 1.165) is 13.1 Å². The molecule has 0 bridgehead atoms. The molecule has 1 aliphatic rings. The highest BCUT2D eigenvalue weighted by atomic mass is 35.5. The van der Waals surface area contributed by atoms with Gasteiger partial charge in [0, 0.05) is 19.0 Å². The van der Waals surface area contributed by atoms with Gasteiger partial charge in [0.2, 0.25) is 0 Å². The predicted molar refractivity (Wildman–Crippen MR) is 75.7 cm³/mol. The Kier molecular flexibility index (Phi) is 5.30. The number of nitrogens with zero attached hydrogens (tertiary/aromatic N) is 2. The number of phenols is 1. The fourth-order valence-corrected chi connectivity index (χ4v) is 1.84. The van der Waals surface area contributed by atoms with Gasteiger partial charge in [-0.3, -0.25) is 0 Å². The molecule has 2 aromatic rings. The van der Waals surface area contributed by atoms with Gasteiger partial charge in [-0.15, -0.1) is 0 Å². The molecular weight excluding hydrogens is 355 g/mol. The number of hydrogen-bond acceptors (Lipinski definition) is 6. The van der Waals surface area contributed by atoms with Crippen molar-refractivity contribution >= 4 is 17.6 Å². The number of carbonyl (C=O) groups is 1. The van der Waals surface area contributed by atoms with Crippen molar-refractivity contribution in [1.82, 2.24) is 15.5 Å². The second-order valence-corrected chi connectivity index (χ2v) is 5.16. The number of aliphatic carboxylic acids is 1. The molecule has 24 heavy (non-hydrogen) atoms. The SMILES string of the molecule is O=C(O)C(F)(F)F.Oc1c(Cl)cccc1-c1nc(C2CNC2)no1. The van der Waals surface area contributed by atoms with Crippen molar-refractivity contribution in [3.05, 3.63) is 29.0 Å². The number of carboxylic acid groups (broad SMARTS) is 1. The largest absolute Gasteiger partial charge is 0.506 e. The Morgan fingerprint density at radius 3 is 2.50 bits per heavy atom. The molecule has 0 radical (unpaired) electrons. The van der Waals surface area contributed by atoms with E-state index in [2.05, 4.69) is 15.5 Å². The molecular formula is C13H11ClF3N3O4. The zero-order chi connectivity index (χ0) is 17.9. The van der Waals surface area contributed by atoms with Crippen LogP contribution in [0.4, 0.5) is 13.2 Å². The van der Waals surface area contributed by atoms with Gasteiger partial charge in [0.25, 0.3) is 5.89 Å². The number of alkyl halides is 3. The van der Waals surface area contributed by atoms with Crippen LogP contribution in [-0.2, 0) is 4.79 Å². The Morgan fingerprint density at radius 1 is 1.38 bits per heavy atom. The molecule has 0 unspecified atom stereocenters. The zero-order valence-electron chi connectivity index (χ0n) is 11.8.